The van der Waals surface area contributed by atoms with Gasteiger partial charge in [0.2, 0.25) is 0 Å². The van der Waals surface area contributed by atoms with E-state index in [0.717, 1.165) is 22.3 Å². The van der Waals surface area contributed by atoms with Gasteiger partial charge in [0.05, 0.1) is 12.7 Å². The van der Waals surface area contributed by atoms with Crippen LogP contribution in [-0.4, -0.2) is 32.1 Å². The summed E-state index contributed by atoms with van der Waals surface area (Å²) in [5, 5.41) is 2.65. The van der Waals surface area contributed by atoms with Gasteiger partial charge < -0.3 is 9.47 Å². The van der Waals surface area contributed by atoms with Gasteiger partial charge in [-0.15, -0.1) is 0 Å². The fraction of sp³-hybridized carbons (Fsp3) is 0.160. The number of hydrogen-bond donors (Lipinski definition) is 1. The van der Waals surface area contributed by atoms with E-state index in [2.05, 4.69) is 17.4 Å². The number of methoxy groups -OCH3 is 1. The smallest absolute Gasteiger partial charge is 0.411 e. The summed E-state index contributed by atoms with van der Waals surface area (Å²) in [6.07, 6.45) is -0.0335. The molecule has 3 aromatic rings. The Labute approximate surface area is 179 Å². The van der Waals surface area contributed by atoms with Crippen LogP contribution in [0.4, 0.5) is 10.5 Å². The van der Waals surface area contributed by atoms with Crippen LogP contribution in [0.15, 0.2) is 60.7 Å². The number of benzene rings is 3. The van der Waals surface area contributed by atoms with Gasteiger partial charge in [-0.25, -0.2) is 9.59 Å². The van der Waals surface area contributed by atoms with Crippen molar-refractivity contribution in [3.8, 4) is 11.1 Å². The van der Waals surface area contributed by atoms with Crippen LogP contribution >= 0.6 is 0 Å². The molecule has 0 spiro atoms. The van der Waals surface area contributed by atoms with Crippen LogP contribution in [0.5, 0.6) is 0 Å². The summed E-state index contributed by atoms with van der Waals surface area (Å²) in [5.74, 6) is -0.662. The van der Waals surface area contributed by atoms with E-state index in [0.29, 0.717) is 17.5 Å². The lowest BCUT2D eigenvalue weighted by Crippen LogP contribution is -2.19. The number of esters is 1. The number of ether oxygens (including phenoxy) is 2. The number of carbonyl (C=O) groups excluding carboxylic acids is 3. The summed E-state index contributed by atoms with van der Waals surface area (Å²) in [7, 11) is 1.25. The zero-order chi connectivity index (χ0) is 22.0. The van der Waals surface area contributed by atoms with Crippen LogP contribution < -0.4 is 5.32 Å². The lowest BCUT2D eigenvalue weighted by atomic mass is 9.98. The lowest BCUT2D eigenvalue weighted by Gasteiger charge is -2.16. The summed E-state index contributed by atoms with van der Waals surface area (Å²) in [6.45, 7) is 1.85. The molecule has 0 radical (unpaired) electrons. The van der Waals surface area contributed by atoms with Crippen LogP contribution in [0.3, 0.4) is 0 Å². The van der Waals surface area contributed by atoms with Gasteiger partial charge in [0.1, 0.15) is 12.9 Å². The fourth-order valence-corrected chi connectivity index (χ4v) is 3.97. The van der Waals surface area contributed by atoms with E-state index in [4.69, 9.17) is 9.47 Å². The van der Waals surface area contributed by atoms with E-state index in [1.165, 1.54) is 19.2 Å². The quantitative estimate of drug-likeness (QED) is 0.471. The summed E-state index contributed by atoms with van der Waals surface area (Å²) >= 11 is 0. The molecule has 0 aliphatic heterocycles. The maximum atomic E-state index is 12.6. The van der Waals surface area contributed by atoms with Crippen molar-refractivity contribution in [2.24, 2.45) is 0 Å². The summed E-state index contributed by atoms with van der Waals surface area (Å²) in [5.41, 5.74) is 5.83. The Morgan fingerprint density at radius 2 is 1.61 bits per heavy atom. The van der Waals surface area contributed by atoms with Gasteiger partial charge in [0.25, 0.3) is 0 Å². The normalized spacial score (nSPS) is 11.9. The molecule has 6 heteroatoms. The molecule has 0 aromatic heterocycles. The van der Waals surface area contributed by atoms with Crippen molar-refractivity contribution < 1.29 is 23.9 Å². The molecule has 0 saturated heterocycles. The Balaban J connectivity index is 1.53. The van der Waals surface area contributed by atoms with Crippen LogP contribution in [0.2, 0.25) is 0 Å². The second kappa shape index (κ2) is 8.44. The average molecular weight is 415 g/mol. The molecule has 1 aliphatic rings. The second-order valence-corrected chi connectivity index (χ2v) is 7.30. The minimum Gasteiger partial charge on any atom is -0.465 e. The number of rotatable bonds is 5. The van der Waals surface area contributed by atoms with Crippen molar-refractivity contribution in [3.05, 3.63) is 88.5 Å². The predicted octanol–water partition coefficient (Wildman–Crippen LogP) is 4.96. The first-order valence-corrected chi connectivity index (χ1v) is 9.83. The van der Waals surface area contributed by atoms with Crippen LogP contribution in [0.25, 0.3) is 11.1 Å². The van der Waals surface area contributed by atoms with E-state index >= 15 is 0 Å². The van der Waals surface area contributed by atoms with E-state index in [1.807, 2.05) is 36.4 Å². The van der Waals surface area contributed by atoms with Crippen molar-refractivity contribution >= 4 is 24.0 Å². The molecule has 6 nitrogen and oxygen atoms in total. The van der Waals surface area contributed by atoms with Crippen LogP contribution in [0, 0.1) is 6.92 Å². The van der Waals surface area contributed by atoms with Gasteiger partial charge in [0.15, 0.2) is 0 Å². The molecular weight excluding hydrogens is 394 g/mol. The molecule has 0 bridgehead atoms. The fourth-order valence-electron chi connectivity index (χ4n) is 3.97. The molecule has 0 atom stereocenters. The monoisotopic (exact) mass is 415 g/mol. The molecule has 0 unspecified atom stereocenters. The minimum absolute atomic E-state index is 0.0637. The van der Waals surface area contributed by atoms with Crippen molar-refractivity contribution in [2.75, 3.05) is 19.0 Å². The standard InChI is InChI=1S/C25H21NO5/c1-15-17(13-27)11-16(24(28)30-2)12-23(15)26-25(29)31-14-22-20-9-5-3-7-18(20)19-8-4-6-10-21(19)22/h3-13,22H,14H2,1-2H3,(H,26,29). The van der Waals surface area contributed by atoms with Crippen molar-refractivity contribution in [1.29, 1.82) is 0 Å². The number of fused-ring (bicyclic) bond motifs is 3. The first-order chi connectivity index (χ1) is 15.0. The number of anilines is 1. The number of amides is 1. The van der Waals surface area contributed by atoms with Crippen molar-refractivity contribution in [2.45, 2.75) is 12.8 Å². The molecule has 4 rings (SSSR count). The molecular formula is C25H21NO5. The van der Waals surface area contributed by atoms with Gasteiger partial charge in [-0.2, -0.15) is 0 Å². The number of aldehydes is 1. The third-order valence-electron chi connectivity index (χ3n) is 5.58. The highest BCUT2D eigenvalue weighted by Gasteiger charge is 2.29. The van der Waals surface area contributed by atoms with Gasteiger partial charge in [-0.05, 0) is 46.9 Å². The summed E-state index contributed by atoms with van der Waals surface area (Å²) in [4.78, 5) is 35.8. The zero-order valence-electron chi connectivity index (χ0n) is 17.2. The molecule has 0 heterocycles. The van der Waals surface area contributed by atoms with Crippen LogP contribution in [0.1, 0.15) is 43.3 Å². The highest BCUT2D eigenvalue weighted by Crippen LogP contribution is 2.44. The number of carbonyl (C=O) groups is 3. The SMILES string of the molecule is COC(=O)c1cc(C=O)c(C)c(NC(=O)OCC2c3ccccc3-c3ccccc32)c1. The molecule has 0 fully saturated rings. The highest BCUT2D eigenvalue weighted by atomic mass is 16.5. The summed E-state index contributed by atoms with van der Waals surface area (Å²) in [6, 6.07) is 19.0. The number of nitrogens with one attached hydrogen (secondary N) is 1. The topological polar surface area (TPSA) is 81.7 Å². The molecule has 3 aromatic carbocycles. The second-order valence-electron chi connectivity index (χ2n) is 7.30. The zero-order valence-corrected chi connectivity index (χ0v) is 17.2. The predicted molar refractivity (Wildman–Crippen MR) is 117 cm³/mol. The average Bonchev–Trinajstić information content (AvgIpc) is 3.12. The first kappa shape index (κ1) is 20.3. The number of hydrogen-bond acceptors (Lipinski definition) is 5. The van der Waals surface area contributed by atoms with Gasteiger partial charge in [-0.3, -0.25) is 10.1 Å². The molecule has 1 N–H and O–H groups in total. The molecule has 1 amide bonds. The Bertz CT molecular complexity index is 1140. The maximum Gasteiger partial charge on any atom is 0.411 e. The van der Waals surface area contributed by atoms with Crippen molar-refractivity contribution in [1.82, 2.24) is 0 Å². The van der Waals surface area contributed by atoms with E-state index in [1.54, 1.807) is 6.92 Å². The van der Waals surface area contributed by atoms with E-state index in [9.17, 15) is 14.4 Å². The third kappa shape index (κ3) is 3.80. The lowest BCUT2D eigenvalue weighted by molar-refractivity contribution is 0.0600. The van der Waals surface area contributed by atoms with E-state index < -0.39 is 12.1 Å². The molecule has 156 valence electrons. The highest BCUT2D eigenvalue weighted by molar-refractivity contribution is 5.97. The first-order valence-electron chi connectivity index (χ1n) is 9.83. The Hall–Kier alpha value is -3.93. The van der Waals surface area contributed by atoms with Gasteiger partial charge in [-0.1, -0.05) is 48.5 Å². The van der Waals surface area contributed by atoms with Gasteiger partial charge in [0, 0.05) is 17.2 Å². The van der Waals surface area contributed by atoms with Gasteiger partial charge >= 0.3 is 12.1 Å². The Morgan fingerprint density at radius 1 is 1.00 bits per heavy atom. The molecule has 0 saturated carbocycles. The minimum atomic E-state index is -0.663. The largest absolute Gasteiger partial charge is 0.465 e. The summed E-state index contributed by atoms with van der Waals surface area (Å²) < 4.78 is 10.3. The van der Waals surface area contributed by atoms with Crippen molar-refractivity contribution in [3.63, 3.8) is 0 Å². The third-order valence-corrected chi connectivity index (χ3v) is 5.58. The van der Waals surface area contributed by atoms with Crippen LogP contribution in [-0.2, 0) is 9.47 Å². The molecule has 1 aliphatic carbocycles. The molecule has 31 heavy (non-hydrogen) atoms. The Kier molecular flexibility index (Phi) is 5.54. The van der Waals surface area contributed by atoms with E-state index in [-0.39, 0.29) is 23.7 Å². The Morgan fingerprint density at radius 3 is 2.19 bits per heavy atom. The maximum absolute atomic E-state index is 12.6.